The number of anilines is 2. The molecule has 2 aromatic rings. The first-order valence-corrected chi connectivity index (χ1v) is 9.10. The fourth-order valence-electron chi connectivity index (χ4n) is 2.34. The molecule has 0 unspecified atom stereocenters. The zero-order valence-electron chi connectivity index (χ0n) is 15.6. The first-order chi connectivity index (χ1) is 12.9. The Kier molecular flexibility index (Phi) is 7.31. The standard InChI is InChI=1S/C20H23N3O3S/c1-4-18(24)22-16-12-14(11-10-13(16)3)21-20(27)23-19(25)15-8-6-7-9-17(15)26-5-2/h6-12H,4-5H2,1-3H3,(H,22,24)(H2,21,23,25,27). The van der Waals surface area contributed by atoms with E-state index in [2.05, 4.69) is 16.0 Å². The second-order valence-corrected chi connectivity index (χ2v) is 6.18. The lowest BCUT2D eigenvalue weighted by molar-refractivity contribution is -0.115. The van der Waals surface area contributed by atoms with Crippen LogP contribution in [0.2, 0.25) is 0 Å². The van der Waals surface area contributed by atoms with Gasteiger partial charge >= 0.3 is 0 Å². The summed E-state index contributed by atoms with van der Waals surface area (Å²) in [5.41, 5.74) is 2.70. The zero-order chi connectivity index (χ0) is 19.8. The molecule has 0 fully saturated rings. The number of carbonyl (C=O) groups excluding carboxylic acids is 2. The topological polar surface area (TPSA) is 79.5 Å². The van der Waals surface area contributed by atoms with E-state index in [1.165, 1.54) is 0 Å². The van der Waals surface area contributed by atoms with Gasteiger partial charge < -0.3 is 15.4 Å². The number of nitrogens with one attached hydrogen (secondary N) is 3. The second-order valence-electron chi connectivity index (χ2n) is 5.77. The van der Waals surface area contributed by atoms with Gasteiger partial charge in [-0.25, -0.2) is 0 Å². The molecule has 0 radical (unpaired) electrons. The van der Waals surface area contributed by atoms with Gasteiger partial charge in [0, 0.05) is 17.8 Å². The molecule has 0 heterocycles. The molecule has 0 aromatic heterocycles. The number of thiocarbonyl (C=S) groups is 1. The lowest BCUT2D eigenvalue weighted by atomic mass is 10.1. The van der Waals surface area contributed by atoms with Gasteiger partial charge in [0.1, 0.15) is 5.75 Å². The number of aryl methyl sites for hydroxylation is 1. The third-order valence-electron chi connectivity index (χ3n) is 3.75. The van der Waals surface area contributed by atoms with Gasteiger partial charge in [-0.1, -0.05) is 25.1 Å². The highest BCUT2D eigenvalue weighted by Gasteiger charge is 2.13. The molecule has 7 heteroatoms. The predicted octanol–water partition coefficient (Wildman–Crippen LogP) is 3.87. The Morgan fingerprint density at radius 2 is 1.81 bits per heavy atom. The van der Waals surface area contributed by atoms with Crippen LogP contribution in [0.4, 0.5) is 11.4 Å². The van der Waals surface area contributed by atoms with Crippen LogP contribution in [-0.2, 0) is 4.79 Å². The molecule has 27 heavy (non-hydrogen) atoms. The van der Waals surface area contributed by atoms with Crippen LogP contribution in [-0.4, -0.2) is 23.5 Å². The van der Waals surface area contributed by atoms with Crippen molar-refractivity contribution in [3.8, 4) is 5.75 Å². The molecular formula is C20H23N3O3S. The van der Waals surface area contributed by atoms with E-state index < -0.39 is 0 Å². The van der Waals surface area contributed by atoms with Gasteiger partial charge in [-0.3, -0.25) is 14.9 Å². The molecule has 3 N–H and O–H groups in total. The number of ether oxygens (including phenoxy) is 1. The number of amides is 2. The summed E-state index contributed by atoms with van der Waals surface area (Å²) in [6.45, 7) is 6.01. The summed E-state index contributed by atoms with van der Waals surface area (Å²) in [6, 6.07) is 12.4. The molecule has 2 rings (SSSR count). The maximum atomic E-state index is 12.5. The van der Waals surface area contributed by atoms with E-state index >= 15 is 0 Å². The molecule has 0 aliphatic carbocycles. The average Bonchev–Trinajstić information content (AvgIpc) is 2.65. The van der Waals surface area contributed by atoms with Crippen molar-refractivity contribution in [2.75, 3.05) is 17.2 Å². The fourth-order valence-corrected chi connectivity index (χ4v) is 2.55. The Hall–Kier alpha value is -2.93. The number of rotatable bonds is 6. The minimum atomic E-state index is -0.358. The molecule has 0 saturated heterocycles. The maximum absolute atomic E-state index is 12.5. The van der Waals surface area contributed by atoms with E-state index in [1.807, 2.05) is 26.0 Å². The number of hydrogen-bond donors (Lipinski definition) is 3. The smallest absolute Gasteiger partial charge is 0.261 e. The lowest BCUT2D eigenvalue weighted by Gasteiger charge is -2.14. The van der Waals surface area contributed by atoms with Crippen LogP contribution in [0.5, 0.6) is 5.75 Å². The second kappa shape index (κ2) is 9.68. The van der Waals surface area contributed by atoms with E-state index in [9.17, 15) is 9.59 Å². The summed E-state index contributed by atoms with van der Waals surface area (Å²) in [7, 11) is 0. The van der Waals surface area contributed by atoms with Crippen molar-refractivity contribution in [2.24, 2.45) is 0 Å². The van der Waals surface area contributed by atoms with Crippen LogP contribution >= 0.6 is 12.2 Å². The van der Waals surface area contributed by atoms with Gasteiger partial charge in [0.2, 0.25) is 5.91 Å². The summed E-state index contributed by atoms with van der Waals surface area (Å²) in [5, 5.41) is 8.59. The third-order valence-corrected chi connectivity index (χ3v) is 3.95. The van der Waals surface area contributed by atoms with Gasteiger partial charge in [0.05, 0.1) is 12.2 Å². The Balaban J connectivity index is 2.06. The number of carbonyl (C=O) groups is 2. The van der Waals surface area contributed by atoms with Crippen LogP contribution in [0.25, 0.3) is 0 Å². The van der Waals surface area contributed by atoms with E-state index in [0.717, 1.165) is 5.56 Å². The minimum Gasteiger partial charge on any atom is -0.493 e. The van der Waals surface area contributed by atoms with Gasteiger partial charge in [0.15, 0.2) is 5.11 Å². The van der Waals surface area contributed by atoms with Crippen molar-refractivity contribution in [1.82, 2.24) is 5.32 Å². The molecule has 142 valence electrons. The Morgan fingerprint density at radius 3 is 2.52 bits per heavy atom. The van der Waals surface area contributed by atoms with Gasteiger partial charge in [-0.2, -0.15) is 0 Å². The first kappa shape index (κ1) is 20.4. The van der Waals surface area contributed by atoms with E-state index in [4.69, 9.17) is 17.0 Å². The van der Waals surface area contributed by atoms with Crippen molar-refractivity contribution < 1.29 is 14.3 Å². The van der Waals surface area contributed by atoms with Crippen LogP contribution in [0, 0.1) is 6.92 Å². The fraction of sp³-hybridized carbons (Fsp3) is 0.250. The monoisotopic (exact) mass is 385 g/mol. The number of para-hydroxylation sites is 1. The molecule has 0 bridgehead atoms. The highest BCUT2D eigenvalue weighted by molar-refractivity contribution is 7.80. The Morgan fingerprint density at radius 1 is 1.07 bits per heavy atom. The largest absolute Gasteiger partial charge is 0.493 e. The van der Waals surface area contributed by atoms with Gasteiger partial charge in [-0.15, -0.1) is 0 Å². The average molecular weight is 385 g/mol. The van der Waals surface area contributed by atoms with E-state index in [-0.39, 0.29) is 16.9 Å². The van der Waals surface area contributed by atoms with Gasteiger partial charge in [0.25, 0.3) is 5.91 Å². The molecule has 2 amide bonds. The first-order valence-electron chi connectivity index (χ1n) is 8.69. The number of benzene rings is 2. The maximum Gasteiger partial charge on any atom is 0.261 e. The molecular weight excluding hydrogens is 362 g/mol. The Labute approximate surface area is 164 Å². The van der Waals surface area contributed by atoms with Crippen molar-refractivity contribution in [2.45, 2.75) is 27.2 Å². The van der Waals surface area contributed by atoms with Crippen molar-refractivity contribution in [3.63, 3.8) is 0 Å². The van der Waals surface area contributed by atoms with Crippen molar-refractivity contribution >= 4 is 40.5 Å². The van der Waals surface area contributed by atoms with Gasteiger partial charge in [-0.05, 0) is 55.9 Å². The normalized spacial score (nSPS) is 10.0. The summed E-state index contributed by atoms with van der Waals surface area (Å²) in [6.07, 6.45) is 0.394. The predicted molar refractivity (Wildman–Crippen MR) is 111 cm³/mol. The highest BCUT2D eigenvalue weighted by atomic mass is 32.1. The molecule has 0 saturated carbocycles. The summed E-state index contributed by atoms with van der Waals surface area (Å²) in [5.74, 6) is 0.0713. The Bertz CT molecular complexity index is 852. The summed E-state index contributed by atoms with van der Waals surface area (Å²) < 4.78 is 5.47. The van der Waals surface area contributed by atoms with Crippen LogP contribution in [0.1, 0.15) is 36.2 Å². The van der Waals surface area contributed by atoms with E-state index in [1.54, 1.807) is 37.3 Å². The summed E-state index contributed by atoms with van der Waals surface area (Å²) in [4.78, 5) is 24.1. The van der Waals surface area contributed by atoms with Crippen LogP contribution in [0.15, 0.2) is 42.5 Å². The zero-order valence-corrected chi connectivity index (χ0v) is 16.4. The lowest BCUT2D eigenvalue weighted by Crippen LogP contribution is -2.34. The molecule has 6 nitrogen and oxygen atoms in total. The van der Waals surface area contributed by atoms with Crippen LogP contribution < -0.4 is 20.7 Å². The third kappa shape index (κ3) is 5.79. The molecule has 0 spiro atoms. The molecule has 0 aliphatic rings. The van der Waals surface area contributed by atoms with E-state index in [0.29, 0.717) is 35.7 Å². The molecule has 0 atom stereocenters. The van der Waals surface area contributed by atoms with Crippen LogP contribution in [0.3, 0.4) is 0 Å². The summed E-state index contributed by atoms with van der Waals surface area (Å²) >= 11 is 5.24. The quantitative estimate of drug-likeness (QED) is 0.658. The highest BCUT2D eigenvalue weighted by Crippen LogP contribution is 2.21. The SMILES string of the molecule is CCOc1ccccc1C(=O)NC(=S)Nc1ccc(C)c(NC(=O)CC)c1. The van der Waals surface area contributed by atoms with Crippen molar-refractivity contribution in [3.05, 3.63) is 53.6 Å². The molecule has 0 aliphatic heterocycles. The number of hydrogen-bond acceptors (Lipinski definition) is 4. The molecule has 2 aromatic carbocycles. The minimum absolute atomic E-state index is 0.0707. The van der Waals surface area contributed by atoms with Crippen molar-refractivity contribution in [1.29, 1.82) is 0 Å².